The summed E-state index contributed by atoms with van der Waals surface area (Å²) in [5.74, 6) is 0.307. The maximum Gasteiger partial charge on any atom is 0.338 e. The van der Waals surface area contributed by atoms with E-state index in [1.807, 2.05) is 0 Å². The number of ether oxygens (including phenoxy) is 1. The fourth-order valence-corrected chi connectivity index (χ4v) is 4.23. The highest BCUT2D eigenvalue weighted by Gasteiger charge is 2.24. The van der Waals surface area contributed by atoms with E-state index in [4.69, 9.17) is 14.5 Å². The average molecular weight is 430 g/mol. The number of hydrogen-bond acceptors (Lipinski definition) is 7. The number of esters is 1. The monoisotopic (exact) mass is 429 g/mol. The predicted octanol–water partition coefficient (Wildman–Crippen LogP) is 4.64. The minimum absolute atomic E-state index is 0.0751. The van der Waals surface area contributed by atoms with Crippen molar-refractivity contribution in [3.63, 3.8) is 0 Å². The molecule has 168 valence electrons. The van der Waals surface area contributed by atoms with Gasteiger partial charge in [-0.05, 0) is 31.4 Å². The highest BCUT2D eigenvalue weighted by Crippen LogP contribution is 2.31. The van der Waals surface area contributed by atoms with Gasteiger partial charge < -0.3 is 9.26 Å². The van der Waals surface area contributed by atoms with E-state index in [0.717, 1.165) is 25.2 Å². The molecule has 1 fully saturated rings. The third-order valence-corrected chi connectivity index (χ3v) is 5.87. The summed E-state index contributed by atoms with van der Waals surface area (Å²) in [5, 5.41) is 13.0. The molecular weight excluding hydrogens is 398 g/mol. The molecule has 1 heterocycles. The lowest BCUT2D eigenvalue weighted by molar-refractivity contribution is -0.129. The molecule has 1 atom stereocenters. The summed E-state index contributed by atoms with van der Waals surface area (Å²) in [4.78, 5) is 28.3. The summed E-state index contributed by atoms with van der Waals surface area (Å²) >= 11 is 0. The van der Waals surface area contributed by atoms with Crippen LogP contribution in [-0.2, 0) is 9.53 Å². The molecule has 1 aromatic heterocycles. The van der Waals surface area contributed by atoms with Gasteiger partial charge in [0.25, 0.3) is 0 Å². The minimum atomic E-state index is -0.480. The predicted molar refractivity (Wildman–Crippen MR) is 113 cm³/mol. The number of nitrogens with one attached hydrogen (secondary N) is 1. The molecule has 0 saturated heterocycles. The van der Waals surface area contributed by atoms with E-state index in [-0.39, 0.29) is 12.3 Å². The first-order valence-corrected chi connectivity index (χ1v) is 11.1. The van der Waals surface area contributed by atoms with Gasteiger partial charge in [0, 0.05) is 17.9 Å². The first-order valence-electron chi connectivity index (χ1n) is 11.1. The fourth-order valence-electron chi connectivity index (χ4n) is 4.23. The molecule has 1 unspecified atom stereocenters. The number of carbonyl (C=O) groups excluding carboxylic acids is 2. The van der Waals surface area contributed by atoms with E-state index >= 15 is 0 Å². The molecule has 0 spiro atoms. The topological polar surface area (TPSA) is 115 Å². The first-order chi connectivity index (χ1) is 15.1. The van der Waals surface area contributed by atoms with Gasteiger partial charge in [0.05, 0.1) is 12.2 Å². The van der Waals surface area contributed by atoms with Crippen LogP contribution in [-0.4, -0.2) is 33.8 Å². The van der Waals surface area contributed by atoms with Gasteiger partial charge in [-0.15, -0.1) is 0 Å². The zero-order chi connectivity index (χ0) is 22.1. The standard InChI is InChI=1S/C23H31N3O5/c1-2-30-23(28)19-13-7-11-17(14-19)21-24-22(31-26-21)18(15-20(27)25-29)12-6-10-16-8-4-3-5-9-16/h7,11,13-14,16,18,29H,2-6,8-10,12,15H2,1H3,(H,25,27). The Balaban J connectivity index is 1.69. The van der Waals surface area contributed by atoms with Gasteiger partial charge in [-0.3, -0.25) is 10.0 Å². The number of carbonyl (C=O) groups is 2. The molecule has 1 aromatic carbocycles. The Kier molecular flexibility index (Phi) is 8.58. The van der Waals surface area contributed by atoms with E-state index in [9.17, 15) is 9.59 Å². The lowest BCUT2D eigenvalue weighted by Gasteiger charge is -2.22. The Morgan fingerprint density at radius 2 is 2.10 bits per heavy atom. The Morgan fingerprint density at radius 1 is 1.29 bits per heavy atom. The molecule has 3 rings (SSSR count). The van der Waals surface area contributed by atoms with E-state index in [1.54, 1.807) is 36.7 Å². The molecule has 1 aliphatic carbocycles. The Hall–Kier alpha value is -2.74. The van der Waals surface area contributed by atoms with Gasteiger partial charge in [-0.1, -0.05) is 62.2 Å². The van der Waals surface area contributed by atoms with Crippen molar-refractivity contribution in [3.05, 3.63) is 35.7 Å². The van der Waals surface area contributed by atoms with Crippen LogP contribution >= 0.6 is 0 Å². The summed E-state index contributed by atoms with van der Waals surface area (Å²) in [6.07, 6.45) is 9.40. The lowest BCUT2D eigenvalue weighted by Crippen LogP contribution is -2.21. The Bertz CT molecular complexity index is 860. The number of amides is 1. The highest BCUT2D eigenvalue weighted by atomic mass is 16.5. The maximum absolute atomic E-state index is 12.0. The van der Waals surface area contributed by atoms with Gasteiger partial charge in [-0.25, -0.2) is 10.3 Å². The minimum Gasteiger partial charge on any atom is -0.462 e. The third kappa shape index (κ3) is 6.62. The molecule has 2 aromatic rings. The SMILES string of the molecule is CCOC(=O)c1cccc(-c2noc(C(CCCC3CCCCC3)CC(=O)NO)n2)c1. The molecule has 1 saturated carbocycles. The average Bonchev–Trinajstić information content (AvgIpc) is 3.29. The third-order valence-electron chi connectivity index (χ3n) is 5.87. The fraction of sp³-hybridized carbons (Fsp3) is 0.565. The van der Waals surface area contributed by atoms with Crippen molar-refractivity contribution < 1.29 is 24.1 Å². The van der Waals surface area contributed by atoms with Gasteiger partial charge in [0.15, 0.2) is 0 Å². The van der Waals surface area contributed by atoms with Crippen LogP contribution < -0.4 is 5.48 Å². The molecule has 8 nitrogen and oxygen atoms in total. The van der Waals surface area contributed by atoms with E-state index in [2.05, 4.69) is 10.1 Å². The van der Waals surface area contributed by atoms with Crippen LogP contribution in [0.15, 0.2) is 28.8 Å². The largest absolute Gasteiger partial charge is 0.462 e. The van der Waals surface area contributed by atoms with Crippen molar-refractivity contribution in [2.75, 3.05) is 6.61 Å². The van der Waals surface area contributed by atoms with Gasteiger partial charge in [0.1, 0.15) is 0 Å². The second-order valence-electron chi connectivity index (χ2n) is 8.13. The van der Waals surface area contributed by atoms with E-state index < -0.39 is 11.9 Å². The number of benzene rings is 1. The second kappa shape index (κ2) is 11.6. The molecule has 1 aliphatic rings. The summed E-state index contributed by atoms with van der Waals surface area (Å²) in [7, 11) is 0. The van der Waals surface area contributed by atoms with Crippen LogP contribution in [0.5, 0.6) is 0 Å². The Morgan fingerprint density at radius 3 is 2.84 bits per heavy atom. The van der Waals surface area contributed by atoms with Crippen LogP contribution in [0, 0.1) is 5.92 Å². The molecule has 8 heteroatoms. The smallest absolute Gasteiger partial charge is 0.338 e. The summed E-state index contributed by atoms with van der Waals surface area (Å²) in [6, 6.07) is 6.85. The van der Waals surface area contributed by atoms with Crippen molar-refractivity contribution in [1.29, 1.82) is 0 Å². The molecular formula is C23H31N3O5. The van der Waals surface area contributed by atoms with E-state index in [0.29, 0.717) is 29.4 Å². The van der Waals surface area contributed by atoms with Crippen LogP contribution in [0.3, 0.4) is 0 Å². The summed E-state index contributed by atoms with van der Waals surface area (Å²) in [6.45, 7) is 2.05. The molecule has 31 heavy (non-hydrogen) atoms. The van der Waals surface area contributed by atoms with E-state index in [1.165, 1.54) is 32.1 Å². The van der Waals surface area contributed by atoms with Crippen LogP contribution in [0.1, 0.15) is 86.9 Å². The number of nitrogens with zero attached hydrogens (tertiary/aromatic N) is 2. The van der Waals surface area contributed by atoms with Crippen LogP contribution in [0.2, 0.25) is 0 Å². The number of rotatable bonds is 10. The van der Waals surface area contributed by atoms with Crippen molar-refractivity contribution >= 4 is 11.9 Å². The number of hydrogen-bond donors (Lipinski definition) is 2. The van der Waals surface area contributed by atoms with Crippen molar-refractivity contribution in [2.45, 2.75) is 70.6 Å². The maximum atomic E-state index is 12.0. The lowest BCUT2D eigenvalue weighted by atomic mass is 9.84. The number of aromatic nitrogens is 2. The second-order valence-corrected chi connectivity index (χ2v) is 8.13. The van der Waals surface area contributed by atoms with Crippen molar-refractivity contribution in [2.24, 2.45) is 5.92 Å². The quantitative estimate of drug-likeness (QED) is 0.321. The van der Waals surface area contributed by atoms with Crippen LogP contribution in [0.25, 0.3) is 11.4 Å². The number of hydroxylamine groups is 1. The van der Waals surface area contributed by atoms with Crippen LogP contribution in [0.4, 0.5) is 0 Å². The van der Waals surface area contributed by atoms with Gasteiger partial charge in [-0.2, -0.15) is 4.98 Å². The summed E-state index contributed by atoms with van der Waals surface area (Å²) in [5.41, 5.74) is 2.74. The van der Waals surface area contributed by atoms with Crippen molar-refractivity contribution in [3.8, 4) is 11.4 Å². The van der Waals surface area contributed by atoms with Crippen molar-refractivity contribution in [1.82, 2.24) is 15.6 Å². The first kappa shape index (κ1) is 22.9. The molecule has 0 aliphatic heterocycles. The molecule has 1 amide bonds. The van der Waals surface area contributed by atoms with Gasteiger partial charge in [0.2, 0.25) is 17.6 Å². The van der Waals surface area contributed by atoms with Gasteiger partial charge >= 0.3 is 5.97 Å². The zero-order valence-electron chi connectivity index (χ0n) is 18.0. The molecule has 2 N–H and O–H groups in total. The summed E-state index contributed by atoms with van der Waals surface area (Å²) < 4.78 is 10.5. The Labute approximate surface area is 182 Å². The highest BCUT2D eigenvalue weighted by molar-refractivity contribution is 5.90. The molecule has 0 radical (unpaired) electrons. The normalized spacial score (nSPS) is 15.4. The zero-order valence-corrected chi connectivity index (χ0v) is 18.0. The molecule has 0 bridgehead atoms.